The van der Waals surface area contributed by atoms with Gasteiger partial charge in [0.25, 0.3) is 0 Å². The number of primary amides is 2. The summed E-state index contributed by atoms with van der Waals surface area (Å²) in [5, 5.41) is 12.7. The van der Waals surface area contributed by atoms with Gasteiger partial charge < -0.3 is 22.5 Å². The summed E-state index contributed by atoms with van der Waals surface area (Å²) < 4.78 is 0. The second kappa shape index (κ2) is 22.7. The van der Waals surface area contributed by atoms with E-state index in [1.54, 1.807) is 18.2 Å². The van der Waals surface area contributed by atoms with E-state index in [-0.39, 0.29) is 24.8 Å². The van der Waals surface area contributed by atoms with Crippen LogP contribution < -0.4 is 22.5 Å². The molecule has 2 aromatic carbocycles. The van der Waals surface area contributed by atoms with Crippen LogP contribution in [0.3, 0.4) is 0 Å². The van der Waals surface area contributed by atoms with Gasteiger partial charge in [0.15, 0.2) is 0 Å². The van der Waals surface area contributed by atoms with Gasteiger partial charge in [-0.25, -0.2) is 0 Å². The van der Waals surface area contributed by atoms with Gasteiger partial charge >= 0.3 is 0 Å². The number of halogens is 1. The maximum Gasteiger partial charge on any atom is 0.220 e. The van der Waals surface area contributed by atoms with Gasteiger partial charge in [-0.1, -0.05) is 80.7 Å². The minimum absolute atomic E-state index is 0.0857. The molecule has 0 aromatic heterocycles. The minimum atomic E-state index is -0.179. The molecule has 8 nitrogen and oxygen atoms in total. The number of hydrogen-bond donors (Lipinski definition) is 4. The fourth-order valence-corrected chi connectivity index (χ4v) is 3.90. The van der Waals surface area contributed by atoms with Crippen LogP contribution in [0.25, 0.3) is 0 Å². The molecule has 10 heteroatoms. The molecule has 7 N–H and O–H groups in total. The molecule has 0 aliphatic rings. The Balaban J connectivity index is 0. The minimum Gasteiger partial charge on any atom is -0.398 e. The van der Waals surface area contributed by atoms with E-state index in [1.807, 2.05) is 44.2 Å². The van der Waals surface area contributed by atoms with Gasteiger partial charge in [-0.3, -0.25) is 14.4 Å². The number of nitrogens with one attached hydrogen (secondary N) is 1. The standard InChI is InChI=1S/C23H24ClN3OS.C2H6.2CH3NO/c1-16(15-25)12-20(13-18-6-4-3-5-7-18)27-23(28)11-8-17(2)29-22-14-19(24)9-10-21(22)26;1-2;2*2-1-3/h3-7,9-10,14,20H,1-2,8,11-13,26H2,(H,27,28);1-2H3;2*1H,(H2,2,3). The molecule has 37 heavy (non-hydrogen) atoms. The Morgan fingerprint density at radius 2 is 1.68 bits per heavy atom. The average Bonchev–Trinajstić information content (AvgIpc) is 2.87. The highest BCUT2D eigenvalue weighted by Crippen LogP contribution is 2.34. The topological polar surface area (TPSA) is 165 Å². The number of amides is 3. The molecule has 0 spiro atoms. The first-order chi connectivity index (χ1) is 17.7. The van der Waals surface area contributed by atoms with E-state index in [0.29, 0.717) is 42.0 Å². The number of thioether (sulfide) groups is 1. The molecule has 0 saturated heterocycles. The zero-order valence-electron chi connectivity index (χ0n) is 21.3. The Morgan fingerprint density at radius 3 is 2.22 bits per heavy atom. The maximum atomic E-state index is 12.5. The van der Waals surface area contributed by atoms with Gasteiger partial charge in [0.1, 0.15) is 0 Å². The molecule has 0 aliphatic heterocycles. The number of benzene rings is 2. The van der Waals surface area contributed by atoms with E-state index < -0.39 is 0 Å². The van der Waals surface area contributed by atoms with E-state index in [2.05, 4.69) is 36.0 Å². The van der Waals surface area contributed by atoms with Crippen molar-refractivity contribution in [3.63, 3.8) is 0 Å². The lowest BCUT2D eigenvalue weighted by atomic mass is 10.00. The summed E-state index contributed by atoms with van der Waals surface area (Å²) in [7, 11) is 0. The van der Waals surface area contributed by atoms with Crippen LogP contribution in [0.15, 0.2) is 77.1 Å². The van der Waals surface area contributed by atoms with Crippen LogP contribution in [0.2, 0.25) is 5.02 Å². The molecule has 3 amide bonds. The summed E-state index contributed by atoms with van der Waals surface area (Å²) in [6.07, 6.45) is 2.38. The molecule has 2 rings (SSSR count). The predicted octanol–water partition coefficient (Wildman–Crippen LogP) is 4.73. The van der Waals surface area contributed by atoms with Gasteiger partial charge in [-0.2, -0.15) is 5.26 Å². The number of carbonyl (C=O) groups excluding carboxylic acids is 3. The summed E-state index contributed by atoms with van der Waals surface area (Å²) in [6, 6.07) is 17.0. The molecule has 1 atom stereocenters. The molecular weight excluding hydrogens is 510 g/mol. The second-order valence-electron chi connectivity index (χ2n) is 6.97. The predicted molar refractivity (Wildman–Crippen MR) is 153 cm³/mol. The van der Waals surface area contributed by atoms with Crippen LogP contribution in [0.1, 0.15) is 38.7 Å². The van der Waals surface area contributed by atoms with E-state index >= 15 is 0 Å². The van der Waals surface area contributed by atoms with Crippen molar-refractivity contribution in [2.75, 3.05) is 5.73 Å². The van der Waals surface area contributed by atoms with Gasteiger partial charge in [0, 0.05) is 40.1 Å². The Morgan fingerprint density at radius 1 is 1.11 bits per heavy atom. The number of rotatable bonds is 10. The highest BCUT2D eigenvalue weighted by Gasteiger charge is 2.15. The van der Waals surface area contributed by atoms with Crippen molar-refractivity contribution in [3.8, 4) is 6.07 Å². The highest BCUT2D eigenvalue weighted by molar-refractivity contribution is 8.03. The van der Waals surface area contributed by atoms with Gasteiger partial charge in [0.05, 0.1) is 6.07 Å². The first kappa shape index (κ1) is 35.4. The molecule has 0 saturated carbocycles. The van der Waals surface area contributed by atoms with Crippen molar-refractivity contribution in [1.82, 2.24) is 5.32 Å². The highest BCUT2D eigenvalue weighted by atomic mass is 35.5. The van der Waals surface area contributed by atoms with Crippen molar-refractivity contribution >= 4 is 47.8 Å². The Bertz CT molecular complexity index is 1020. The Hall–Kier alpha value is -3.74. The SMILES string of the molecule is C=C(C#N)CC(Cc1ccccc1)NC(=O)CCC(=C)Sc1cc(Cl)ccc1N.CC.NC=O.NC=O. The van der Waals surface area contributed by atoms with Crippen LogP contribution in [-0.4, -0.2) is 24.8 Å². The second-order valence-corrected chi connectivity index (χ2v) is 8.63. The number of nitrogens with two attached hydrogens (primary N) is 3. The van der Waals surface area contributed by atoms with Crippen LogP contribution in [-0.2, 0) is 20.8 Å². The summed E-state index contributed by atoms with van der Waals surface area (Å²) >= 11 is 7.43. The van der Waals surface area contributed by atoms with Crippen LogP contribution >= 0.6 is 23.4 Å². The third-order valence-electron chi connectivity index (χ3n) is 4.20. The third-order valence-corrected chi connectivity index (χ3v) is 5.50. The summed E-state index contributed by atoms with van der Waals surface area (Å²) in [5.41, 5.74) is 16.5. The normalized spacial score (nSPS) is 9.68. The molecule has 0 heterocycles. The average molecular weight is 546 g/mol. The lowest BCUT2D eigenvalue weighted by Gasteiger charge is -2.19. The van der Waals surface area contributed by atoms with Crippen molar-refractivity contribution < 1.29 is 14.4 Å². The summed E-state index contributed by atoms with van der Waals surface area (Å²) in [4.78, 5) is 31.3. The number of nitrogens with zero attached hydrogens (tertiary/aromatic N) is 1. The van der Waals surface area contributed by atoms with Crippen LogP contribution in [0, 0.1) is 11.3 Å². The van der Waals surface area contributed by atoms with E-state index in [1.165, 1.54) is 11.8 Å². The zero-order valence-corrected chi connectivity index (χ0v) is 22.9. The third kappa shape index (κ3) is 18.2. The molecule has 0 fully saturated rings. The first-order valence-electron chi connectivity index (χ1n) is 11.3. The molecule has 2 aromatic rings. The molecule has 1 unspecified atom stereocenters. The Kier molecular flexibility index (Phi) is 21.7. The molecule has 0 radical (unpaired) electrons. The van der Waals surface area contributed by atoms with Crippen molar-refractivity contribution in [1.29, 1.82) is 5.26 Å². The Labute approximate surface area is 228 Å². The largest absolute Gasteiger partial charge is 0.398 e. The van der Waals surface area contributed by atoms with Crippen molar-refractivity contribution in [2.24, 2.45) is 11.5 Å². The number of nitriles is 1. The fraction of sp³-hybridized carbons (Fsp3) is 0.259. The molecular formula is C27H36ClN5O3S. The lowest BCUT2D eigenvalue weighted by Crippen LogP contribution is -2.36. The summed E-state index contributed by atoms with van der Waals surface area (Å²) in [6.45, 7) is 11.8. The van der Waals surface area contributed by atoms with Gasteiger partial charge in [-0.05, 0) is 41.5 Å². The zero-order chi connectivity index (χ0) is 28.6. The number of nitrogen functional groups attached to an aromatic ring is 1. The number of carbonyl (C=O) groups is 3. The molecule has 200 valence electrons. The summed E-state index contributed by atoms with van der Waals surface area (Å²) in [5.74, 6) is -0.0857. The van der Waals surface area contributed by atoms with Gasteiger partial charge in [-0.15, -0.1) is 0 Å². The molecule has 0 bridgehead atoms. The van der Waals surface area contributed by atoms with Crippen molar-refractivity contribution in [2.45, 2.75) is 50.5 Å². The van der Waals surface area contributed by atoms with Crippen LogP contribution in [0.5, 0.6) is 0 Å². The van der Waals surface area contributed by atoms with E-state index in [4.69, 9.17) is 32.2 Å². The number of hydrogen-bond acceptors (Lipinski definition) is 6. The first-order valence-corrected chi connectivity index (χ1v) is 12.5. The van der Waals surface area contributed by atoms with Crippen molar-refractivity contribution in [3.05, 3.63) is 82.8 Å². The molecule has 0 aliphatic carbocycles. The number of allylic oxidation sites excluding steroid dienone is 1. The maximum absolute atomic E-state index is 12.5. The quantitative estimate of drug-likeness (QED) is 0.146. The monoisotopic (exact) mass is 545 g/mol. The number of anilines is 1. The lowest BCUT2D eigenvalue weighted by molar-refractivity contribution is -0.121. The van der Waals surface area contributed by atoms with Gasteiger partial charge in [0.2, 0.25) is 18.7 Å². The smallest absolute Gasteiger partial charge is 0.220 e. The van der Waals surface area contributed by atoms with E-state index in [0.717, 1.165) is 15.4 Å². The van der Waals surface area contributed by atoms with E-state index in [9.17, 15) is 4.79 Å². The fourth-order valence-electron chi connectivity index (χ4n) is 2.77. The van der Waals surface area contributed by atoms with Crippen LogP contribution in [0.4, 0.5) is 5.69 Å².